The molecule has 0 radical (unpaired) electrons. The lowest BCUT2D eigenvalue weighted by Gasteiger charge is -2.23. The summed E-state index contributed by atoms with van der Waals surface area (Å²) < 4.78 is 0. The highest BCUT2D eigenvalue weighted by atomic mass is 16.1. The molecule has 0 unspecified atom stereocenters. The van der Waals surface area contributed by atoms with E-state index >= 15 is 0 Å². The molecule has 1 N–H and O–H groups in total. The number of H-pyrrole nitrogens is 1. The highest BCUT2D eigenvalue weighted by Gasteiger charge is 2.18. The van der Waals surface area contributed by atoms with Gasteiger partial charge in [-0.2, -0.15) is 0 Å². The highest BCUT2D eigenvalue weighted by Crippen LogP contribution is 2.11. The third kappa shape index (κ3) is 2.09. The van der Waals surface area contributed by atoms with Crippen molar-refractivity contribution in [1.82, 2.24) is 14.9 Å². The van der Waals surface area contributed by atoms with Gasteiger partial charge in [-0.1, -0.05) is 6.92 Å². The van der Waals surface area contributed by atoms with Gasteiger partial charge in [0.25, 0.3) is 5.56 Å². The summed E-state index contributed by atoms with van der Waals surface area (Å²) in [6.45, 7) is 3.81. The molecular weight excluding hydrogens is 190 g/mol. The van der Waals surface area contributed by atoms with Crippen molar-refractivity contribution in [3.8, 4) is 0 Å². The smallest absolute Gasteiger partial charge is 0.255 e. The summed E-state index contributed by atoms with van der Waals surface area (Å²) in [6.07, 6.45) is 2.77. The van der Waals surface area contributed by atoms with Gasteiger partial charge >= 0.3 is 0 Å². The van der Waals surface area contributed by atoms with Gasteiger partial charge in [-0.15, -0.1) is 0 Å². The second-order valence-electron chi connectivity index (χ2n) is 4.18. The summed E-state index contributed by atoms with van der Waals surface area (Å²) in [5.74, 6) is 0.839. The van der Waals surface area contributed by atoms with Crippen LogP contribution in [-0.4, -0.2) is 28.5 Å². The zero-order valence-corrected chi connectivity index (χ0v) is 9.34. The van der Waals surface area contributed by atoms with E-state index in [-0.39, 0.29) is 5.56 Å². The molecular formula is C11H17N3O. The van der Waals surface area contributed by atoms with Crippen molar-refractivity contribution in [3.05, 3.63) is 27.4 Å². The monoisotopic (exact) mass is 207 g/mol. The lowest BCUT2D eigenvalue weighted by molar-refractivity contribution is 0.307. The summed E-state index contributed by atoms with van der Waals surface area (Å²) in [5, 5.41) is 0. The Morgan fingerprint density at radius 1 is 1.53 bits per heavy atom. The number of hydrogen-bond donors (Lipinski definition) is 1. The first-order valence-electron chi connectivity index (χ1n) is 5.50. The van der Waals surface area contributed by atoms with E-state index in [9.17, 15) is 4.79 Å². The van der Waals surface area contributed by atoms with Gasteiger partial charge in [-0.3, -0.25) is 4.79 Å². The summed E-state index contributed by atoms with van der Waals surface area (Å²) in [6, 6.07) is 0. The summed E-state index contributed by atoms with van der Waals surface area (Å²) >= 11 is 0. The van der Waals surface area contributed by atoms with Gasteiger partial charge in [0.05, 0.1) is 11.3 Å². The van der Waals surface area contributed by atoms with E-state index in [4.69, 9.17) is 0 Å². The molecule has 0 saturated heterocycles. The first kappa shape index (κ1) is 10.4. The van der Waals surface area contributed by atoms with E-state index in [1.165, 1.54) is 0 Å². The van der Waals surface area contributed by atoms with Crippen LogP contribution < -0.4 is 5.56 Å². The summed E-state index contributed by atoms with van der Waals surface area (Å²) in [5.41, 5.74) is 1.90. The minimum Gasteiger partial charge on any atom is -0.310 e. The van der Waals surface area contributed by atoms with Crippen molar-refractivity contribution in [1.29, 1.82) is 0 Å². The summed E-state index contributed by atoms with van der Waals surface area (Å²) in [7, 11) is 2.03. The van der Waals surface area contributed by atoms with Gasteiger partial charge in [0.1, 0.15) is 5.82 Å². The lowest BCUT2D eigenvalue weighted by Crippen LogP contribution is -2.33. The molecule has 2 rings (SSSR count). The van der Waals surface area contributed by atoms with Crippen LogP contribution in [0.15, 0.2) is 4.79 Å². The van der Waals surface area contributed by atoms with Gasteiger partial charge in [0.2, 0.25) is 0 Å². The number of nitrogens with one attached hydrogen (secondary N) is 1. The Bertz CT molecular complexity index is 411. The summed E-state index contributed by atoms with van der Waals surface area (Å²) in [4.78, 5) is 21.3. The Labute approximate surface area is 89.3 Å². The molecule has 2 heterocycles. The molecule has 1 aromatic heterocycles. The molecule has 0 atom stereocenters. The van der Waals surface area contributed by atoms with Gasteiger partial charge in [-0.05, 0) is 13.5 Å². The van der Waals surface area contributed by atoms with Gasteiger partial charge in [0.15, 0.2) is 0 Å². The number of aryl methyl sites for hydroxylation is 1. The molecule has 0 amide bonds. The van der Waals surface area contributed by atoms with Crippen molar-refractivity contribution < 1.29 is 0 Å². The average molecular weight is 207 g/mol. The molecule has 0 aromatic carbocycles. The third-order valence-electron chi connectivity index (χ3n) is 2.80. The molecule has 0 fully saturated rings. The van der Waals surface area contributed by atoms with E-state index in [0.717, 1.165) is 49.4 Å². The van der Waals surface area contributed by atoms with E-state index in [1.54, 1.807) is 0 Å². The number of nitrogens with zero attached hydrogens (tertiary/aromatic N) is 2. The van der Waals surface area contributed by atoms with Crippen LogP contribution in [0.2, 0.25) is 0 Å². The lowest BCUT2D eigenvalue weighted by atomic mass is 10.1. The third-order valence-corrected chi connectivity index (χ3v) is 2.80. The van der Waals surface area contributed by atoms with Crippen molar-refractivity contribution in [2.24, 2.45) is 0 Å². The minimum atomic E-state index is 0.0509. The quantitative estimate of drug-likeness (QED) is 0.777. The maximum Gasteiger partial charge on any atom is 0.255 e. The maximum atomic E-state index is 11.8. The van der Waals surface area contributed by atoms with Gasteiger partial charge in [-0.25, -0.2) is 4.98 Å². The fourth-order valence-electron chi connectivity index (χ4n) is 1.97. The number of fused-ring (bicyclic) bond motifs is 1. The average Bonchev–Trinajstić information content (AvgIpc) is 2.20. The van der Waals surface area contributed by atoms with Crippen molar-refractivity contribution in [2.45, 2.75) is 32.7 Å². The molecule has 1 aromatic rings. The number of hydrogen-bond acceptors (Lipinski definition) is 3. The number of likely N-dealkylation sites (N-methyl/N-ethyl adjacent to an activating group) is 1. The zero-order valence-electron chi connectivity index (χ0n) is 9.34. The normalized spacial score (nSPS) is 16.4. The van der Waals surface area contributed by atoms with Crippen LogP contribution in [0.25, 0.3) is 0 Å². The van der Waals surface area contributed by atoms with Crippen LogP contribution in [-0.2, 0) is 19.4 Å². The Kier molecular flexibility index (Phi) is 2.86. The molecule has 15 heavy (non-hydrogen) atoms. The van der Waals surface area contributed by atoms with E-state index in [2.05, 4.69) is 21.8 Å². The van der Waals surface area contributed by atoms with E-state index in [0.29, 0.717) is 0 Å². The Morgan fingerprint density at radius 3 is 3.07 bits per heavy atom. The number of aromatic amines is 1. The first-order chi connectivity index (χ1) is 7.20. The zero-order chi connectivity index (χ0) is 10.8. The largest absolute Gasteiger partial charge is 0.310 e. The fraction of sp³-hybridized carbons (Fsp3) is 0.636. The molecule has 4 heteroatoms. The van der Waals surface area contributed by atoms with Crippen molar-refractivity contribution >= 4 is 0 Å². The van der Waals surface area contributed by atoms with E-state index < -0.39 is 0 Å². The molecule has 0 aliphatic carbocycles. The molecule has 82 valence electrons. The van der Waals surface area contributed by atoms with Crippen molar-refractivity contribution in [2.75, 3.05) is 13.6 Å². The van der Waals surface area contributed by atoms with Crippen LogP contribution in [0.1, 0.15) is 30.4 Å². The molecule has 0 saturated carbocycles. The Balaban J connectivity index is 2.39. The van der Waals surface area contributed by atoms with Crippen LogP contribution in [0, 0.1) is 0 Å². The molecule has 0 spiro atoms. The first-order valence-corrected chi connectivity index (χ1v) is 5.50. The standard InChI is InChI=1S/C11H17N3O/c1-3-4-10-12-9-5-6-14(2)7-8(9)11(15)13-10/h3-7H2,1-2H3,(H,12,13,15). The highest BCUT2D eigenvalue weighted by molar-refractivity contribution is 5.20. The van der Waals surface area contributed by atoms with Gasteiger partial charge in [0, 0.05) is 25.9 Å². The molecule has 4 nitrogen and oxygen atoms in total. The SMILES string of the molecule is CCCc1nc2c(c(=O)[nH]1)CN(C)CC2. The van der Waals surface area contributed by atoms with E-state index in [1.807, 2.05) is 7.05 Å². The molecule has 1 aliphatic heterocycles. The fourth-order valence-corrected chi connectivity index (χ4v) is 1.97. The van der Waals surface area contributed by atoms with Gasteiger partial charge < -0.3 is 9.88 Å². The topological polar surface area (TPSA) is 49.0 Å². The second-order valence-corrected chi connectivity index (χ2v) is 4.18. The number of rotatable bonds is 2. The Hall–Kier alpha value is -1.16. The number of aromatic nitrogens is 2. The van der Waals surface area contributed by atoms with Crippen LogP contribution in [0.5, 0.6) is 0 Å². The van der Waals surface area contributed by atoms with Crippen LogP contribution >= 0.6 is 0 Å². The van der Waals surface area contributed by atoms with Crippen LogP contribution in [0.4, 0.5) is 0 Å². The van der Waals surface area contributed by atoms with Crippen molar-refractivity contribution in [3.63, 3.8) is 0 Å². The predicted octanol–water partition coefficient (Wildman–Crippen LogP) is 0.710. The minimum absolute atomic E-state index is 0.0509. The molecule has 0 bridgehead atoms. The maximum absolute atomic E-state index is 11.8. The second kappa shape index (κ2) is 4.14. The van der Waals surface area contributed by atoms with Crippen LogP contribution in [0.3, 0.4) is 0 Å². The predicted molar refractivity (Wildman–Crippen MR) is 58.9 cm³/mol. The molecule has 1 aliphatic rings. The Morgan fingerprint density at radius 2 is 2.33 bits per heavy atom.